The van der Waals surface area contributed by atoms with Crippen molar-refractivity contribution in [1.29, 1.82) is 0 Å². The minimum atomic E-state index is 0.0224. The number of carbonyl (C=O) groups is 1. The fourth-order valence-corrected chi connectivity index (χ4v) is 2.96. The first-order chi connectivity index (χ1) is 9.50. The predicted molar refractivity (Wildman–Crippen MR) is 84.9 cm³/mol. The van der Waals surface area contributed by atoms with Crippen molar-refractivity contribution in [3.05, 3.63) is 24.3 Å². The number of rotatable bonds is 6. The van der Waals surface area contributed by atoms with Gasteiger partial charge in [0.05, 0.1) is 10.2 Å². The molecule has 0 bridgehead atoms. The van der Waals surface area contributed by atoms with E-state index >= 15 is 0 Å². The number of fused-ring (bicyclic) bond motifs is 1. The van der Waals surface area contributed by atoms with Crippen molar-refractivity contribution >= 4 is 32.6 Å². The smallest absolute Gasteiger partial charge is 0.226 e. The molecule has 0 radical (unpaired) electrons. The van der Waals surface area contributed by atoms with Crippen molar-refractivity contribution < 1.29 is 4.79 Å². The largest absolute Gasteiger partial charge is 0.330 e. The second kappa shape index (κ2) is 6.33. The van der Waals surface area contributed by atoms with Crippen LogP contribution in [0.5, 0.6) is 0 Å². The second-order valence-electron chi connectivity index (χ2n) is 5.74. The average Bonchev–Trinajstić information content (AvgIpc) is 2.78. The molecular weight excluding hydrogens is 270 g/mol. The highest BCUT2D eigenvalue weighted by Gasteiger charge is 2.18. The molecule has 0 aliphatic heterocycles. The van der Waals surface area contributed by atoms with Gasteiger partial charge in [-0.2, -0.15) is 0 Å². The molecule has 20 heavy (non-hydrogen) atoms. The van der Waals surface area contributed by atoms with Crippen molar-refractivity contribution in [3.8, 4) is 0 Å². The SMILES string of the molecule is CC(C)(CCN)CCC(=O)Nc1nc2ccccc2s1. The van der Waals surface area contributed by atoms with Crippen LogP contribution in [0.4, 0.5) is 5.13 Å². The van der Waals surface area contributed by atoms with Crippen LogP contribution in [0.25, 0.3) is 10.2 Å². The van der Waals surface area contributed by atoms with E-state index in [1.165, 1.54) is 11.3 Å². The Morgan fingerprint density at radius 1 is 1.35 bits per heavy atom. The van der Waals surface area contributed by atoms with E-state index < -0.39 is 0 Å². The van der Waals surface area contributed by atoms with Crippen LogP contribution in [-0.4, -0.2) is 17.4 Å². The number of nitrogens with two attached hydrogens (primary N) is 1. The molecule has 0 aliphatic rings. The Balaban J connectivity index is 1.91. The number of nitrogens with one attached hydrogen (secondary N) is 1. The molecule has 0 aliphatic carbocycles. The van der Waals surface area contributed by atoms with E-state index in [-0.39, 0.29) is 11.3 Å². The van der Waals surface area contributed by atoms with Crippen LogP contribution in [-0.2, 0) is 4.79 Å². The van der Waals surface area contributed by atoms with Crippen LogP contribution in [0.1, 0.15) is 33.1 Å². The van der Waals surface area contributed by atoms with Gasteiger partial charge in [0, 0.05) is 6.42 Å². The zero-order valence-corrected chi connectivity index (χ0v) is 12.8. The Hall–Kier alpha value is -1.46. The molecular formula is C15H21N3OS. The van der Waals surface area contributed by atoms with Gasteiger partial charge in [-0.25, -0.2) is 4.98 Å². The standard InChI is InChI=1S/C15H21N3OS/c1-15(2,9-10-16)8-7-13(19)18-14-17-11-5-3-4-6-12(11)20-14/h3-6H,7-10,16H2,1-2H3,(H,17,18,19). The number of thiazole rings is 1. The Morgan fingerprint density at radius 3 is 2.80 bits per heavy atom. The van der Waals surface area contributed by atoms with Gasteiger partial charge >= 0.3 is 0 Å². The van der Waals surface area contributed by atoms with E-state index in [2.05, 4.69) is 24.1 Å². The number of nitrogens with zero attached hydrogens (tertiary/aromatic N) is 1. The molecule has 0 saturated carbocycles. The third-order valence-electron chi connectivity index (χ3n) is 3.39. The Bertz CT molecular complexity index is 559. The molecule has 0 atom stereocenters. The lowest BCUT2D eigenvalue weighted by molar-refractivity contribution is -0.116. The zero-order valence-electron chi connectivity index (χ0n) is 12.0. The van der Waals surface area contributed by atoms with Crippen LogP contribution in [0.2, 0.25) is 0 Å². The number of para-hydroxylation sites is 1. The van der Waals surface area contributed by atoms with Gasteiger partial charge in [0.2, 0.25) is 5.91 Å². The molecule has 1 heterocycles. The topological polar surface area (TPSA) is 68.0 Å². The summed E-state index contributed by atoms with van der Waals surface area (Å²) in [7, 11) is 0. The molecule has 1 amide bonds. The average molecular weight is 291 g/mol. The lowest BCUT2D eigenvalue weighted by atomic mass is 9.84. The van der Waals surface area contributed by atoms with Crippen molar-refractivity contribution in [2.75, 3.05) is 11.9 Å². The van der Waals surface area contributed by atoms with E-state index in [1.54, 1.807) is 0 Å². The van der Waals surface area contributed by atoms with E-state index in [0.29, 0.717) is 18.1 Å². The predicted octanol–water partition coefficient (Wildman–Crippen LogP) is 3.39. The zero-order chi connectivity index (χ0) is 14.6. The monoisotopic (exact) mass is 291 g/mol. The van der Waals surface area contributed by atoms with Gasteiger partial charge in [-0.05, 0) is 36.9 Å². The van der Waals surface area contributed by atoms with Gasteiger partial charge in [-0.3, -0.25) is 4.79 Å². The highest BCUT2D eigenvalue weighted by Crippen LogP contribution is 2.28. The molecule has 0 saturated heterocycles. The number of hydrogen-bond donors (Lipinski definition) is 2. The summed E-state index contributed by atoms with van der Waals surface area (Å²) >= 11 is 1.51. The van der Waals surface area contributed by atoms with Gasteiger partial charge in [-0.1, -0.05) is 37.3 Å². The maximum absolute atomic E-state index is 12.0. The number of anilines is 1. The minimum absolute atomic E-state index is 0.0224. The van der Waals surface area contributed by atoms with Gasteiger partial charge in [0.15, 0.2) is 5.13 Å². The molecule has 0 unspecified atom stereocenters. The fraction of sp³-hybridized carbons (Fsp3) is 0.467. The van der Waals surface area contributed by atoms with Crippen LogP contribution in [0.15, 0.2) is 24.3 Å². The van der Waals surface area contributed by atoms with Gasteiger partial charge < -0.3 is 11.1 Å². The third-order valence-corrected chi connectivity index (χ3v) is 4.34. The molecule has 3 N–H and O–H groups in total. The number of benzene rings is 1. The highest BCUT2D eigenvalue weighted by atomic mass is 32.1. The summed E-state index contributed by atoms with van der Waals surface area (Å²) in [6.07, 6.45) is 2.27. The van der Waals surface area contributed by atoms with Crippen LogP contribution in [0, 0.1) is 5.41 Å². The lowest BCUT2D eigenvalue weighted by Gasteiger charge is -2.23. The van der Waals surface area contributed by atoms with Crippen LogP contribution >= 0.6 is 11.3 Å². The van der Waals surface area contributed by atoms with Crippen LogP contribution in [0.3, 0.4) is 0 Å². The van der Waals surface area contributed by atoms with Gasteiger partial charge in [-0.15, -0.1) is 0 Å². The van der Waals surface area contributed by atoms with Crippen molar-refractivity contribution in [2.24, 2.45) is 11.1 Å². The Labute approximate surface area is 123 Å². The highest BCUT2D eigenvalue weighted by molar-refractivity contribution is 7.22. The molecule has 2 aromatic rings. The van der Waals surface area contributed by atoms with Gasteiger partial charge in [0.1, 0.15) is 0 Å². The number of aromatic nitrogens is 1. The molecule has 5 heteroatoms. The molecule has 108 valence electrons. The first-order valence-electron chi connectivity index (χ1n) is 6.86. The maximum atomic E-state index is 12.0. The molecule has 4 nitrogen and oxygen atoms in total. The quantitative estimate of drug-likeness (QED) is 0.857. The van der Waals surface area contributed by atoms with E-state index in [4.69, 9.17) is 5.73 Å². The summed E-state index contributed by atoms with van der Waals surface area (Å²) in [5, 5.41) is 3.56. The normalized spacial score (nSPS) is 11.8. The number of hydrogen-bond acceptors (Lipinski definition) is 4. The first kappa shape index (κ1) is 14.9. The van der Waals surface area contributed by atoms with Crippen LogP contribution < -0.4 is 11.1 Å². The summed E-state index contributed by atoms with van der Waals surface area (Å²) in [5.74, 6) is 0.0224. The van der Waals surface area contributed by atoms with E-state index in [0.717, 1.165) is 23.1 Å². The fourth-order valence-electron chi connectivity index (χ4n) is 2.08. The molecule has 0 fully saturated rings. The summed E-state index contributed by atoms with van der Waals surface area (Å²) in [6, 6.07) is 7.88. The van der Waals surface area contributed by atoms with Gasteiger partial charge in [0.25, 0.3) is 0 Å². The molecule has 1 aromatic carbocycles. The Kier molecular flexibility index (Phi) is 4.73. The molecule has 0 spiro atoms. The summed E-state index contributed by atoms with van der Waals surface area (Å²) in [6.45, 7) is 4.95. The number of carbonyl (C=O) groups excluding carboxylic acids is 1. The number of amides is 1. The summed E-state index contributed by atoms with van der Waals surface area (Å²) < 4.78 is 1.09. The molecule has 1 aromatic heterocycles. The second-order valence-corrected chi connectivity index (χ2v) is 6.77. The van der Waals surface area contributed by atoms with E-state index in [1.807, 2.05) is 24.3 Å². The minimum Gasteiger partial charge on any atom is -0.330 e. The Morgan fingerprint density at radius 2 is 2.10 bits per heavy atom. The van der Waals surface area contributed by atoms with E-state index in [9.17, 15) is 4.79 Å². The lowest BCUT2D eigenvalue weighted by Crippen LogP contribution is -2.20. The molecule has 2 rings (SSSR count). The summed E-state index contributed by atoms with van der Waals surface area (Å²) in [4.78, 5) is 16.4. The first-order valence-corrected chi connectivity index (χ1v) is 7.67. The van der Waals surface area contributed by atoms with Crippen molar-refractivity contribution in [1.82, 2.24) is 4.98 Å². The van der Waals surface area contributed by atoms with Crippen molar-refractivity contribution in [3.63, 3.8) is 0 Å². The summed E-state index contributed by atoms with van der Waals surface area (Å²) in [5.41, 5.74) is 6.62. The maximum Gasteiger partial charge on any atom is 0.226 e. The van der Waals surface area contributed by atoms with Crippen molar-refractivity contribution in [2.45, 2.75) is 33.1 Å². The third kappa shape index (κ3) is 4.02.